The fourth-order valence-corrected chi connectivity index (χ4v) is 4.08. The molecule has 0 spiro atoms. The fraction of sp³-hybridized carbons (Fsp3) is 0.500. The highest BCUT2D eigenvalue weighted by atomic mass is 127. The number of amides is 1. The Morgan fingerprint density at radius 3 is 2.47 bits per heavy atom. The van der Waals surface area contributed by atoms with Crippen molar-refractivity contribution in [3.63, 3.8) is 0 Å². The van der Waals surface area contributed by atoms with Crippen molar-refractivity contribution < 1.29 is 13.9 Å². The molecule has 0 atom stereocenters. The first-order valence-corrected chi connectivity index (χ1v) is 10.9. The summed E-state index contributed by atoms with van der Waals surface area (Å²) < 4.78 is 10.6. The van der Waals surface area contributed by atoms with Gasteiger partial charge in [-0.3, -0.25) is 4.79 Å². The quantitative estimate of drug-likeness (QED) is 0.280. The SMILES string of the molecule is COc1ccc(CN=C(NCCc2ccco2)NCC2(C(=O)N(C)C)CCCC2)cc1.I. The molecule has 1 saturated carbocycles. The van der Waals surface area contributed by atoms with E-state index in [1.165, 1.54) is 0 Å². The number of carbonyl (C=O) groups is 1. The number of hydrogen-bond acceptors (Lipinski definition) is 4. The van der Waals surface area contributed by atoms with Crippen molar-refractivity contribution in [2.45, 2.75) is 38.6 Å². The Labute approximate surface area is 208 Å². The molecule has 1 aromatic carbocycles. The molecule has 32 heavy (non-hydrogen) atoms. The topological polar surface area (TPSA) is 79.1 Å². The molecular weight excluding hydrogens is 519 g/mol. The summed E-state index contributed by atoms with van der Waals surface area (Å²) in [7, 11) is 5.33. The number of benzene rings is 1. The van der Waals surface area contributed by atoms with Gasteiger partial charge in [0, 0.05) is 33.6 Å². The summed E-state index contributed by atoms with van der Waals surface area (Å²) in [6.07, 6.45) is 6.45. The van der Waals surface area contributed by atoms with Crippen molar-refractivity contribution in [1.82, 2.24) is 15.5 Å². The van der Waals surface area contributed by atoms with Crippen LogP contribution in [0.5, 0.6) is 5.75 Å². The standard InChI is InChI=1S/C24H34N4O3.HI/c1-28(2)22(29)24(13-4-5-14-24)18-27-23(25-15-12-21-7-6-16-31-21)26-17-19-8-10-20(30-3)11-9-19;/h6-11,16H,4-5,12-15,17-18H2,1-3H3,(H2,25,26,27);1H. The van der Waals surface area contributed by atoms with Crippen LogP contribution in [-0.4, -0.2) is 51.1 Å². The molecule has 1 amide bonds. The van der Waals surface area contributed by atoms with E-state index >= 15 is 0 Å². The number of carbonyl (C=O) groups excluding carboxylic acids is 1. The van der Waals surface area contributed by atoms with E-state index in [4.69, 9.17) is 14.1 Å². The second-order valence-electron chi connectivity index (χ2n) is 8.31. The molecular formula is C24H35IN4O3. The van der Waals surface area contributed by atoms with Crippen molar-refractivity contribution in [2.75, 3.05) is 34.3 Å². The highest BCUT2D eigenvalue weighted by molar-refractivity contribution is 14.0. The lowest BCUT2D eigenvalue weighted by Gasteiger charge is -2.31. The summed E-state index contributed by atoms with van der Waals surface area (Å²) in [5, 5.41) is 6.84. The molecule has 0 saturated heterocycles. The molecule has 1 aliphatic carbocycles. The van der Waals surface area contributed by atoms with Crippen LogP contribution in [0.3, 0.4) is 0 Å². The smallest absolute Gasteiger partial charge is 0.230 e. The number of nitrogens with one attached hydrogen (secondary N) is 2. The zero-order valence-corrected chi connectivity index (χ0v) is 21.6. The first-order chi connectivity index (χ1) is 15.0. The van der Waals surface area contributed by atoms with E-state index in [1.807, 2.05) is 50.5 Å². The number of guanidine groups is 1. The number of rotatable bonds is 9. The van der Waals surface area contributed by atoms with E-state index in [9.17, 15) is 4.79 Å². The Hall–Kier alpha value is -2.23. The summed E-state index contributed by atoms with van der Waals surface area (Å²) in [5.41, 5.74) is 0.737. The van der Waals surface area contributed by atoms with Crippen LogP contribution < -0.4 is 15.4 Å². The van der Waals surface area contributed by atoms with Crippen molar-refractivity contribution in [2.24, 2.45) is 10.4 Å². The second kappa shape index (κ2) is 12.7. The molecule has 0 bridgehead atoms. The minimum Gasteiger partial charge on any atom is -0.497 e. The number of hydrogen-bond donors (Lipinski definition) is 2. The lowest BCUT2D eigenvalue weighted by Crippen LogP contribution is -2.49. The number of aliphatic imine (C=N–C) groups is 1. The summed E-state index contributed by atoms with van der Waals surface area (Å²) in [6, 6.07) is 11.8. The average molecular weight is 554 g/mol. The van der Waals surface area contributed by atoms with Crippen molar-refractivity contribution in [3.05, 3.63) is 54.0 Å². The molecule has 1 heterocycles. The highest BCUT2D eigenvalue weighted by Crippen LogP contribution is 2.38. The third-order valence-electron chi connectivity index (χ3n) is 5.84. The number of halogens is 1. The summed E-state index contributed by atoms with van der Waals surface area (Å²) in [6.45, 7) is 1.81. The summed E-state index contributed by atoms with van der Waals surface area (Å²) >= 11 is 0. The Kier molecular flexibility index (Phi) is 10.3. The molecule has 0 unspecified atom stereocenters. The highest BCUT2D eigenvalue weighted by Gasteiger charge is 2.42. The maximum atomic E-state index is 12.9. The molecule has 1 aromatic heterocycles. The van der Waals surface area contributed by atoms with Crippen LogP contribution in [0.2, 0.25) is 0 Å². The predicted octanol–water partition coefficient (Wildman–Crippen LogP) is 3.83. The number of ether oxygens (including phenoxy) is 1. The first kappa shape index (κ1) is 26.0. The van der Waals surface area contributed by atoms with Gasteiger partial charge in [-0.2, -0.15) is 0 Å². The molecule has 1 fully saturated rings. The molecule has 0 aliphatic heterocycles. The molecule has 0 radical (unpaired) electrons. The Morgan fingerprint density at radius 1 is 1.16 bits per heavy atom. The van der Waals surface area contributed by atoms with Crippen LogP contribution in [0, 0.1) is 5.41 Å². The first-order valence-electron chi connectivity index (χ1n) is 10.9. The van der Waals surface area contributed by atoms with E-state index in [-0.39, 0.29) is 35.3 Å². The third-order valence-corrected chi connectivity index (χ3v) is 5.84. The fourth-order valence-electron chi connectivity index (χ4n) is 4.08. The van der Waals surface area contributed by atoms with Gasteiger partial charge in [-0.15, -0.1) is 24.0 Å². The van der Waals surface area contributed by atoms with Gasteiger partial charge < -0.3 is 24.7 Å². The molecule has 7 nitrogen and oxygen atoms in total. The van der Waals surface area contributed by atoms with Gasteiger partial charge in [-0.05, 0) is 42.7 Å². The van der Waals surface area contributed by atoms with Crippen LogP contribution in [-0.2, 0) is 17.8 Å². The van der Waals surface area contributed by atoms with Gasteiger partial charge in [0.05, 0.1) is 25.3 Å². The Balaban J connectivity index is 0.00000363. The Bertz CT molecular complexity index is 845. The molecule has 2 aromatic rings. The van der Waals surface area contributed by atoms with Crippen molar-refractivity contribution >= 4 is 35.8 Å². The normalized spacial score (nSPS) is 15.0. The maximum Gasteiger partial charge on any atom is 0.230 e. The van der Waals surface area contributed by atoms with Gasteiger partial charge in [0.2, 0.25) is 5.91 Å². The largest absolute Gasteiger partial charge is 0.497 e. The van der Waals surface area contributed by atoms with Gasteiger partial charge in [-0.25, -0.2) is 4.99 Å². The number of furan rings is 1. The summed E-state index contributed by atoms with van der Waals surface area (Å²) in [5.74, 6) is 2.66. The van der Waals surface area contributed by atoms with Crippen LogP contribution in [0.4, 0.5) is 0 Å². The van der Waals surface area contributed by atoms with E-state index in [1.54, 1.807) is 18.3 Å². The molecule has 176 valence electrons. The zero-order valence-electron chi connectivity index (χ0n) is 19.2. The monoisotopic (exact) mass is 554 g/mol. The van der Waals surface area contributed by atoms with E-state index in [0.29, 0.717) is 25.6 Å². The van der Waals surface area contributed by atoms with E-state index in [0.717, 1.165) is 49.2 Å². The van der Waals surface area contributed by atoms with Gasteiger partial charge >= 0.3 is 0 Å². The van der Waals surface area contributed by atoms with Crippen LogP contribution in [0.15, 0.2) is 52.1 Å². The van der Waals surface area contributed by atoms with Crippen LogP contribution >= 0.6 is 24.0 Å². The van der Waals surface area contributed by atoms with Gasteiger partial charge in [0.25, 0.3) is 0 Å². The minimum absolute atomic E-state index is 0. The van der Waals surface area contributed by atoms with Gasteiger partial charge in [-0.1, -0.05) is 25.0 Å². The van der Waals surface area contributed by atoms with Crippen LogP contribution in [0.25, 0.3) is 0 Å². The number of nitrogens with zero attached hydrogens (tertiary/aromatic N) is 2. The van der Waals surface area contributed by atoms with Crippen molar-refractivity contribution in [1.29, 1.82) is 0 Å². The van der Waals surface area contributed by atoms with Gasteiger partial charge in [0.15, 0.2) is 5.96 Å². The lowest BCUT2D eigenvalue weighted by atomic mass is 9.84. The Morgan fingerprint density at radius 2 is 1.88 bits per heavy atom. The van der Waals surface area contributed by atoms with E-state index < -0.39 is 0 Å². The molecule has 3 rings (SSSR count). The molecule has 2 N–H and O–H groups in total. The summed E-state index contributed by atoms with van der Waals surface area (Å²) in [4.78, 5) is 19.4. The second-order valence-corrected chi connectivity index (χ2v) is 8.31. The van der Waals surface area contributed by atoms with Crippen LogP contribution in [0.1, 0.15) is 37.0 Å². The predicted molar refractivity (Wildman–Crippen MR) is 138 cm³/mol. The average Bonchev–Trinajstić information content (AvgIpc) is 3.48. The maximum absolute atomic E-state index is 12.9. The van der Waals surface area contributed by atoms with Crippen molar-refractivity contribution in [3.8, 4) is 5.75 Å². The van der Waals surface area contributed by atoms with E-state index in [2.05, 4.69) is 10.6 Å². The lowest BCUT2D eigenvalue weighted by molar-refractivity contribution is -0.138. The minimum atomic E-state index is -0.354. The third kappa shape index (κ3) is 7.15. The molecule has 8 heteroatoms. The zero-order chi connectivity index (χ0) is 22.1. The van der Waals surface area contributed by atoms with Gasteiger partial charge in [0.1, 0.15) is 11.5 Å². The number of methoxy groups -OCH3 is 1. The molecule has 1 aliphatic rings.